The highest BCUT2D eigenvalue weighted by Gasteiger charge is 2.00. The Morgan fingerprint density at radius 3 is 3.00 bits per heavy atom. The number of amides is 1. The summed E-state index contributed by atoms with van der Waals surface area (Å²) in [6, 6.07) is 0. The highest BCUT2D eigenvalue weighted by Crippen LogP contribution is 2.03. The lowest BCUT2D eigenvalue weighted by Gasteiger charge is -2.04. The fourth-order valence-electron chi connectivity index (χ4n) is 1.08. The van der Waals surface area contributed by atoms with Gasteiger partial charge in [0.1, 0.15) is 5.82 Å². The molecule has 4 nitrogen and oxygen atoms in total. The first-order valence-electron chi connectivity index (χ1n) is 4.20. The third kappa shape index (κ3) is 2.82. The predicted octanol–water partition coefficient (Wildman–Crippen LogP) is 0.382. The minimum absolute atomic E-state index is 0.626. The molecule has 0 saturated carbocycles. The average Bonchev–Trinajstić information content (AvgIpc) is 2.11. The summed E-state index contributed by atoms with van der Waals surface area (Å²) in [7, 11) is 0. The number of carbonyl (C=O) groups excluding carboxylic acids is 1. The van der Waals surface area contributed by atoms with Gasteiger partial charge in [0.15, 0.2) is 0 Å². The van der Waals surface area contributed by atoms with Crippen LogP contribution in [-0.4, -0.2) is 22.9 Å². The Morgan fingerprint density at radius 2 is 2.31 bits per heavy atom. The molecule has 4 heteroatoms. The number of aryl methyl sites for hydroxylation is 2. The molecule has 1 amide bonds. The van der Waals surface area contributed by atoms with E-state index >= 15 is 0 Å². The Morgan fingerprint density at radius 1 is 1.54 bits per heavy atom. The van der Waals surface area contributed by atoms with Crippen LogP contribution >= 0.6 is 0 Å². The second-order valence-corrected chi connectivity index (χ2v) is 2.87. The highest BCUT2D eigenvalue weighted by atomic mass is 16.1. The molecule has 1 N–H and O–H groups in total. The molecule has 0 aromatic carbocycles. The zero-order chi connectivity index (χ0) is 9.68. The maximum absolute atomic E-state index is 10.0. The number of nitrogens with zero attached hydrogens (tertiary/aromatic N) is 2. The smallest absolute Gasteiger partial charge is 0.207 e. The largest absolute Gasteiger partial charge is 0.358 e. The molecule has 0 aliphatic rings. The molecule has 1 aromatic rings. The van der Waals surface area contributed by atoms with Crippen molar-refractivity contribution in [2.75, 3.05) is 6.54 Å². The lowest BCUT2D eigenvalue weighted by Crippen LogP contribution is -2.16. The van der Waals surface area contributed by atoms with Gasteiger partial charge in [-0.15, -0.1) is 0 Å². The molecule has 70 valence electrons. The van der Waals surface area contributed by atoms with Crippen molar-refractivity contribution in [1.29, 1.82) is 0 Å². The van der Waals surface area contributed by atoms with Gasteiger partial charge >= 0.3 is 0 Å². The van der Waals surface area contributed by atoms with Gasteiger partial charge in [-0.1, -0.05) is 0 Å². The van der Waals surface area contributed by atoms with E-state index in [2.05, 4.69) is 15.3 Å². The Labute approximate surface area is 77.4 Å². The molecular formula is C9H13N3O. The normalized spacial score (nSPS) is 9.69. The van der Waals surface area contributed by atoms with Crippen molar-refractivity contribution < 1.29 is 4.79 Å². The van der Waals surface area contributed by atoms with Gasteiger partial charge in [0.2, 0.25) is 6.41 Å². The number of carbonyl (C=O) groups is 1. The van der Waals surface area contributed by atoms with Crippen molar-refractivity contribution in [2.45, 2.75) is 20.3 Å². The molecule has 1 rings (SSSR count). The van der Waals surface area contributed by atoms with Crippen LogP contribution in [0.25, 0.3) is 0 Å². The van der Waals surface area contributed by atoms with Crippen LogP contribution in [-0.2, 0) is 11.2 Å². The third-order valence-electron chi connectivity index (χ3n) is 1.79. The van der Waals surface area contributed by atoms with Crippen LogP contribution < -0.4 is 5.32 Å². The minimum atomic E-state index is 0.626. The van der Waals surface area contributed by atoms with Crippen LogP contribution in [0, 0.1) is 13.8 Å². The summed E-state index contributed by atoms with van der Waals surface area (Å²) in [4.78, 5) is 18.3. The average molecular weight is 179 g/mol. The van der Waals surface area contributed by atoms with E-state index < -0.39 is 0 Å². The summed E-state index contributed by atoms with van der Waals surface area (Å²) >= 11 is 0. The number of rotatable bonds is 4. The van der Waals surface area contributed by atoms with Crippen molar-refractivity contribution in [3.63, 3.8) is 0 Å². The second-order valence-electron chi connectivity index (χ2n) is 2.87. The Balaban J connectivity index is 2.64. The number of aromatic nitrogens is 2. The van der Waals surface area contributed by atoms with E-state index in [1.54, 1.807) is 6.20 Å². The van der Waals surface area contributed by atoms with Gasteiger partial charge in [-0.05, 0) is 19.4 Å². The van der Waals surface area contributed by atoms with Gasteiger partial charge in [0.05, 0.1) is 0 Å². The fraction of sp³-hybridized carbons (Fsp3) is 0.444. The summed E-state index contributed by atoms with van der Waals surface area (Å²) in [5.41, 5.74) is 2.07. The summed E-state index contributed by atoms with van der Waals surface area (Å²) in [6.07, 6.45) is 3.26. The van der Waals surface area contributed by atoms with E-state index in [1.807, 2.05) is 13.8 Å². The highest BCUT2D eigenvalue weighted by molar-refractivity contribution is 5.45. The molecule has 0 aliphatic carbocycles. The molecule has 0 saturated heterocycles. The molecule has 13 heavy (non-hydrogen) atoms. The molecular weight excluding hydrogens is 166 g/mol. The zero-order valence-corrected chi connectivity index (χ0v) is 7.87. The summed E-state index contributed by atoms with van der Waals surface area (Å²) in [6.45, 7) is 4.45. The first-order valence-corrected chi connectivity index (χ1v) is 4.20. The van der Waals surface area contributed by atoms with Gasteiger partial charge in [-0.3, -0.25) is 4.79 Å². The van der Waals surface area contributed by atoms with Crippen LogP contribution in [0.15, 0.2) is 6.20 Å². The quantitative estimate of drug-likeness (QED) is 0.537. The van der Waals surface area contributed by atoms with Crippen LogP contribution in [0.3, 0.4) is 0 Å². The summed E-state index contributed by atoms with van der Waals surface area (Å²) in [5, 5.41) is 2.60. The van der Waals surface area contributed by atoms with Crippen molar-refractivity contribution in [3.05, 3.63) is 23.3 Å². The molecule has 0 bridgehead atoms. The molecule has 1 heterocycles. The van der Waals surface area contributed by atoms with E-state index in [9.17, 15) is 4.79 Å². The van der Waals surface area contributed by atoms with E-state index in [4.69, 9.17) is 0 Å². The summed E-state index contributed by atoms with van der Waals surface area (Å²) < 4.78 is 0. The van der Waals surface area contributed by atoms with Crippen LogP contribution in [0.2, 0.25) is 0 Å². The van der Waals surface area contributed by atoms with Gasteiger partial charge in [-0.2, -0.15) is 0 Å². The van der Waals surface area contributed by atoms with Crippen LogP contribution in [0.1, 0.15) is 17.1 Å². The van der Waals surface area contributed by atoms with Gasteiger partial charge < -0.3 is 5.32 Å². The summed E-state index contributed by atoms with van der Waals surface area (Å²) in [5.74, 6) is 0.770. The number of hydrogen-bond donors (Lipinski definition) is 1. The monoisotopic (exact) mass is 179 g/mol. The van der Waals surface area contributed by atoms with Crippen molar-refractivity contribution in [3.8, 4) is 0 Å². The molecule has 0 spiro atoms. The number of nitrogens with one attached hydrogen (secondary N) is 1. The van der Waals surface area contributed by atoms with E-state index in [1.165, 1.54) is 0 Å². The molecule has 0 aliphatic heterocycles. The standard InChI is InChI=1S/C9H13N3O/c1-7-5-11-8(2)12-9(7)3-4-10-6-13/h5-6H,3-4H2,1-2H3,(H,10,13). The minimum Gasteiger partial charge on any atom is -0.358 e. The maximum atomic E-state index is 10.0. The first kappa shape index (κ1) is 9.64. The molecule has 0 radical (unpaired) electrons. The zero-order valence-electron chi connectivity index (χ0n) is 7.87. The van der Waals surface area contributed by atoms with Gasteiger partial charge in [0, 0.05) is 24.9 Å². The Kier molecular flexibility index (Phi) is 3.37. The molecule has 0 unspecified atom stereocenters. The predicted molar refractivity (Wildman–Crippen MR) is 49.3 cm³/mol. The third-order valence-corrected chi connectivity index (χ3v) is 1.79. The Hall–Kier alpha value is -1.45. The van der Waals surface area contributed by atoms with E-state index in [0.29, 0.717) is 13.0 Å². The molecule has 0 atom stereocenters. The number of hydrogen-bond acceptors (Lipinski definition) is 3. The van der Waals surface area contributed by atoms with Crippen molar-refractivity contribution >= 4 is 6.41 Å². The second kappa shape index (κ2) is 4.54. The molecule has 1 aromatic heterocycles. The van der Waals surface area contributed by atoms with Gasteiger partial charge in [-0.25, -0.2) is 9.97 Å². The lowest BCUT2D eigenvalue weighted by atomic mass is 10.2. The van der Waals surface area contributed by atoms with E-state index in [-0.39, 0.29) is 0 Å². The Bertz CT molecular complexity index is 299. The van der Waals surface area contributed by atoms with Crippen LogP contribution in [0.5, 0.6) is 0 Å². The van der Waals surface area contributed by atoms with Crippen molar-refractivity contribution in [2.24, 2.45) is 0 Å². The topological polar surface area (TPSA) is 54.9 Å². The van der Waals surface area contributed by atoms with E-state index in [0.717, 1.165) is 23.5 Å². The molecule has 0 fully saturated rings. The van der Waals surface area contributed by atoms with Crippen molar-refractivity contribution in [1.82, 2.24) is 15.3 Å². The lowest BCUT2D eigenvalue weighted by molar-refractivity contribution is -0.109. The fourth-order valence-corrected chi connectivity index (χ4v) is 1.08. The van der Waals surface area contributed by atoms with Gasteiger partial charge in [0.25, 0.3) is 0 Å². The van der Waals surface area contributed by atoms with Crippen LogP contribution in [0.4, 0.5) is 0 Å². The SMILES string of the molecule is Cc1ncc(C)c(CCNC=O)n1. The first-order chi connectivity index (χ1) is 6.24. The maximum Gasteiger partial charge on any atom is 0.207 e.